The van der Waals surface area contributed by atoms with E-state index in [9.17, 15) is 8.42 Å². The molecular formula is C23H19Cl4N3O2S. The average Bonchev–Trinajstić information content (AvgIpc) is 3.17. The van der Waals surface area contributed by atoms with E-state index in [0.717, 1.165) is 5.56 Å². The molecule has 0 unspecified atom stereocenters. The Labute approximate surface area is 213 Å². The fourth-order valence-corrected chi connectivity index (χ4v) is 6.19. The third-order valence-corrected chi connectivity index (χ3v) is 8.10. The molecule has 0 radical (unpaired) electrons. The molecule has 0 amide bonds. The summed E-state index contributed by atoms with van der Waals surface area (Å²) in [6.45, 7) is 1.73. The number of aryl methyl sites for hydroxylation is 1. The summed E-state index contributed by atoms with van der Waals surface area (Å²) in [6, 6.07) is 17.4. The molecule has 0 aliphatic carbocycles. The first kappa shape index (κ1) is 24.3. The van der Waals surface area contributed by atoms with Crippen LogP contribution in [0.3, 0.4) is 0 Å². The van der Waals surface area contributed by atoms with Crippen molar-refractivity contribution < 1.29 is 8.42 Å². The molecule has 0 saturated carbocycles. The van der Waals surface area contributed by atoms with Crippen LogP contribution in [0.5, 0.6) is 0 Å². The second-order valence-electron chi connectivity index (χ2n) is 7.59. The molecule has 10 heteroatoms. The Morgan fingerprint density at radius 1 is 0.970 bits per heavy atom. The van der Waals surface area contributed by atoms with Gasteiger partial charge in [0.15, 0.2) is 0 Å². The van der Waals surface area contributed by atoms with Crippen molar-refractivity contribution in [1.82, 2.24) is 4.72 Å². The molecule has 1 aliphatic heterocycles. The quantitative estimate of drug-likeness (QED) is 0.368. The molecule has 5 nitrogen and oxygen atoms in total. The van der Waals surface area contributed by atoms with E-state index in [4.69, 9.17) is 51.5 Å². The first-order valence-corrected chi connectivity index (χ1v) is 13.0. The first-order valence-electron chi connectivity index (χ1n) is 9.96. The number of nitrogens with zero attached hydrogens (tertiary/aromatic N) is 2. The fraction of sp³-hybridized carbons (Fsp3) is 0.174. The number of hydrogen-bond donors (Lipinski definition) is 1. The van der Waals surface area contributed by atoms with Crippen LogP contribution in [0.15, 0.2) is 70.7 Å². The largest absolute Gasteiger partial charge is 0.256 e. The van der Waals surface area contributed by atoms with Gasteiger partial charge in [-0.05, 0) is 54.4 Å². The molecule has 0 aromatic heterocycles. The molecule has 33 heavy (non-hydrogen) atoms. The van der Waals surface area contributed by atoms with E-state index in [-0.39, 0.29) is 22.5 Å². The standard InChI is InChI=1S/C23H19Cl4N3O2S/c1-14-3-2-4-19(26)23(14)33(31,32)28-13-18-12-22(15-5-7-16(24)8-6-15)30(29-18)21-10-9-17(25)11-20(21)27/h2-11,22,28H,12-13H2,1H3/t22-/m0/s1. The predicted octanol–water partition coefficient (Wildman–Crippen LogP) is 6.89. The molecule has 3 aromatic carbocycles. The first-order chi connectivity index (χ1) is 15.7. The molecule has 3 aromatic rings. The molecule has 172 valence electrons. The summed E-state index contributed by atoms with van der Waals surface area (Å²) in [4.78, 5) is 0.0668. The van der Waals surface area contributed by atoms with Crippen molar-refractivity contribution in [1.29, 1.82) is 0 Å². The molecule has 1 N–H and O–H groups in total. The molecule has 1 atom stereocenters. The summed E-state index contributed by atoms with van der Waals surface area (Å²) in [5.74, 6) is 0. The minimum atomic E-state index is -3.83. The molecule has 0 saturated heterocycles. The summed E-state index contributed by atoms with van der Waals surface area (Å²) >= 11 is 24.7. The van der Waals surface area contributed by atoms with Gasteiger partial charge in [-0.1, -0.05) is 70.7 Å². The van der Waals surface area contributed by atoms with E-state index < -0.39 is 10.0 Å². The van der Waals surface area contributed by atoms with E-state index in [0.29, 0.717) is 38.5 Å². The van der Waals surface area contributed by atoms with Crippen molar-refractivity contribution in [3.63, 3.8) is 0 Å². The van der Waals surface area contributed by atoms with Gasteiger partial charge in [0.25, 0.3) is 0 Å². The van der Waals surface area contributed by atoms with E-state index in [2.05, 4.69) is 4.72 Å². The summed E-state index contributed by atoms with van der Waals surface area (Å²) in [6.07, 6.45) is 0.491. The van der Waals surface area contributed by atoms with Gasteiger partial charge in [0.1, 0.15) is 4.90 Å². The number of hydrogen-bond acceptors (Lipinski definition) is 4. The van der Waals surface area contributed by atoms with Gasteiger partial charge in [0.2, 0.25) is 10.0 Å². The van der Waals surface area contributed by atoms with Crippen molar-refractivity contribution in [2.24, 2.45) is 5.10 Å². The van der Waals surface area contributed by atoms with Crippen molar-refractivity contribution >= 4 is 67.8 Å². The highest BCUT2D eigenvalue weighted by molar-refractivity contribution is 7.89. The van der Waals surface area contributed by atoms with E-state index >= 15 is 0 Å². The van der Waals surface area contributed by atoms with Gasteiger partial charge in [-0.15, -0.1) is 0 Å². The number of benzene rings is 3. The Hall–Kier alpha value is -1.80. The van der Waals surface area contributed by atoms with Crippen LogP contribution in [0.25, 0.3) is 0 Å². The van der Waals surface area contributed by atoms with E-state index in [1.165, 1.54) is 0 Å². The van der Waals surface area contributed by atoms with Crippen LogP contribution in [-0.2, 0) is 10.0 Å². The highest BCUT2D eigenvalue weighted by Gasteiger charge is 2.31. The lowest BCUT2D eigenvalue weighted by Crippen LogP contribution is -2.30. The molecule has 4 rings (SSSR count). The van der Waals surface area contributed by atoms with Crippen molar-refractivity contribution in [2.75, 3.05) is 11.6 Å². The molecule has 0 spiro atoms. The minimum Gasteiger partial charge on any atom is -0.256 e. The topological polar surface area (TPSA) is 61.8 Å². The summed E-state index contributed by atoms with van der Waals surface area (Å²) < 4.78 is 28.5. The zero-order valence-corrected chi connectivity index (χ0v) is 21.2. The lowest BCUT2D eigenvalue weighted by atomic mass is 10.0. The summed E-state index contributed by atoms with van der Waals surface area (Å²) in [5, 5.41) is 8.23. The van der Waals surface area contributed by atoms with Gasteiger partial charge < -0.3 is 0 Å². The van der Waals surface area contributed by atoms with E-state index in [1.807, 2.05) is 12.1 Å². The normalized spacial score (nSPS) is 16.2. The number of halogens is 4. The Kier molecular flexibility index (Phi) is 7.24. The number of rotatable bonds is 6. The number of sulfonamides is 1. The smallest absolute Gasteiger partial charge is 0.242 e. The Morgan fingerprint density at radius 2 is 1.67 bits per heavy atom. The predicted molar refractivity (Wildman–Crippen MR) is 137 cm³/mol. The van der Waals surface area contributed by atoms with Crippen LogP contribution in [0.2, 0.25) is 20.1 Å². The maximum absolute atomic E-state index is 12.9. The van der Waals surface area contributed by atoms with Gasteiger partial charge in [0, 0.05) is 16.5 Å². The number of hydrazone groups is 1. The lowest BCUT2D eigenvalue weighted by molar-refractivity contribution is 0.585. The third kappa shape index (κ3) is 5.32. The fourth-order valence-electron chi connectivity index (χ4n) is 3.72. The highest BCUT2D eigenvalue weighted by atomic mass is 35.5. The average molecular weight is 543 g/mol. The van der Waals surface area contributed by atoms with Crippen LogP contribution in [0.1, 0.15) is 23.6 Å². The Bertz CT molecular complexity index is 1310. The van der Waals surface area contributed by atoms with Crippen LogP contribution in [-0.4, -0.2) is 20.7 Å². The van der Waals surface area contributed by atoms with Gasteiger partial charge >= 0.3 is 0 Å². The molecule has 1 heterocycles. The SMILES string of the molecule is Cc1cccc(Cl)c1S(=O)(=O)NCC1=NN(c2ccc(Cl)cc2Cl)[C@H](c2ccc(Cl)cc2)C1. The lowest BCUT2D eigenvalue weighted by Gasteiger charge is -2.25. The second kappa shape index (κ2) is 9.82. The molecule has 1 aliphatic rings. The maximum Gasteiger partial charge on any atom is 0.242 e. The van der Waals surface area contributed by atoms with Crippen LogP contribution < -0.4 is 9.73 Å². The van der Waals surface area contributed by atoms with Gasteiger partial charge in [-0.3, -0.25) is 5.01 Å². The number of anilines is 1. The van der Waals surface area contributed by atoms with Crippen LogP contribution in [0.4, 0.5) is 5.69 Å². The summed E-state index contributed by atoms with van der Waals surface area (Å²) in [5.41, 5.74) is 2.85. The van der Waals surface area contributed by atoms with Gasteiger partial charge in [0.05, 0.1) is 34.0 Å². The molecular weight excluding hydrogens is 524 g/mol. The van der Waals surface area contributed by atoms with Gasteiger partial charge in [-0.2, -0.15) is 5.10 Å². The summed E-state index contributed by atoms with van der Waals surface area (Å²) in [7, 11) is -3.83. The van der Waals surface area contributed by atoms with Crippen LogP contribution >= 0.6 is 46.4 Å². The van der Waals surface area contributed by atoms with Crippen molar-refractivity contribution in [3.8, 4) is 0 Å². The molecule has 0 bridgehead atoms. The van der Waals surface area contributed by atoms with Gasteiger partial charge in [-0.25, -0.2) is 13.1 Å². The highest BCUT2D eigenvalue weighted by Crippen LogP contribution is 2.39. The third-order valence-electron chi connectivity index (χ3n) is 5.28. The van der Waals surface area contributed by atoms with Crippen LogP contribution in [0, 0.1) is 6.92 Å². The van der Waals surface area contributed by atoms with E-state index in [1.54, 1.807) is 60.5 Å². The Balaban J connectivity index is 1.64. The maximum atomic E-state index is 12.9. The number of nitrogens with one attached hydrogen (secondary N) is 1. The van der Waals surface area contributed by atoms with Crippen molar-refractivity contribution in [3.05, 3.63) is 91.9 Å². The zero-order chi connectivity index (χ0) is 23.8. The molecule has 0 fully saturated rings. The monoisotopic (exact) mass is 541 g/mol. The zero-order valence-electron chi connectivity index (χ0n) is 17.4. The Morgan fingerprint density at radius 3 is 2.33 bits per heavy atom. The van der Waals surface area contributed by atoms with Crippen molar-refractivity contribution in [2.45, 2.75) is 24.3 Å². The minimum absolute atomic E-state index is 0.0266. The second-order valence-corrected chi connectivity index (χ2v) is 11.0.